The number of nitrogens with one attached hydrogen (secondary N) is 2. The highest BCUT2D eigenvalue weighted by Crippen LogP contribution is 2.39. The number of anilines is 1. The van der Waals surface area contributed by atoms with Crippen molar-refractivity contribution in [2.75, 3.05) is 18.9 Å². The maximum atomic E-state index is 13.6. The first-order valence-electron chi connectivity index (χ1n) is 8.34. The summed E-state index contributed by atoms with van der Waals surface area (Å²) in [6, 6.07) is 3.39. The van der Waals surface area contributed by atoms with Gasteiger partial charge in [0, 0.05) is 0 Å². The molecule has 2 atom stereocenters. The van der Waals surface area contributed by atoms with E-state index in [-0.39, 0.29) is 5.95 Å². The minimum Gasteiger partial charge on any atom is -0.588 e. The number of aliphatic hydroxyl groups is 3. The van der Waals surface area contributed by atoms with Crippen LogP contribution < -0.4 is 18.9 Å². The van der Waals surface area contributed by atoms with Gasteiger partial charge in [0.2, 0.25) is 10.6 Å². The van der Waals surface area contributed by atoms with Gasteiger partial charge >= 0.3 is 5.97 Å². The predicted octanol–water partition coefficient (Wildman–Crippen LogP) is -0.467. The molecule has 2 unspecified atom stereocenters. The summed E-state index contributed by atoms with van der Waals surface area (Å²) in [5.41, 5.74) is 0.500. The SMILES string of the molecule is BC(O)(F)C(O)(O)Oc1c(OC)nc(N[S+]([O-])c2c[nH]c3nc(Br)ccc23)nc1OC. The van der Waals surface area contributed by atoms with E-state index >= 15 is 0 Å². The van der Waals surface area contributed by atoms with E-state index in [1.165, 1.54) is 6.20 Å². The molecule has 12 nitrogen and oxygen atoms in total. The number of hydrogen-bond acceptors (Lipinski definition) is 11. The molecule has 3 aromatic heterocycles. The predicted molar refractivity (Wildman–Crippen MR) is 111 cm³/mol. The van der Waals surface area contributed by atoms with Crippen molar-refractivity contribution >= 4 is 52.1 Å². The van der Waals surface area contributed by atoms with Crippen LogP contribution in [0.25, 0.3) is 11.0 Å². The highest BCUT2D eigenvalue weighted by atomic mass is 79.9. The summed E-state index contributed by atoms with van der Waals surface area (Å²) in [5, 5.41) is 29.2. The number of halogens is 2. The molecule has 0 aliphatic rings. The number of alkyl halides is 1. The lowest BCUT2D eigenvalue weighted by Gasteiger charge is -2.30. The van der Waals surface area contributed by atoms with Crippen LogP contribution in [-0.4, -0.2) is 73.6 Å². The van der Waals surface area contributed by atoms with Crippen LogP contribution in [-0.2, 0) is 11.4 Å². The van der Waals surface area contributed by atoms with Crippen molar-refractivity contribution < 1.29 is 38.5 Å². The molecule has 0 aromatic carbocycles. The van der Waals surface area contributed by atoms with Crippen LogP contribution in [0, 0.1) is 0 Å². The monoisotopic (exact) mass is 519 g/mol. The van der Waals surface area contributed by atoms with Crippen molar-refractivity contribution in [3.05, 3.63) is 22.9 Å². The second-order valence-electron chi connectivity index (χ2n) is 6.11. The molecular weight excluding hydrogens is 504 g/mol. The first-order chi connectivity index (χ1) is 14.5. The summed E-state index contributed by atoms with van der Waals surface area (Å²) in [7, 11) is 2.77. The molecule has 0 saturated heterocycles. The van der Waals surface area contributed by atoms with Crippen LogP contribution in [0.5, 0.6) is 17.5 Å². The molecular formula is C15H16BBrFN5O7S. The molecule has 16 heteroatoms. The third kappa shape index (κ3) is 4.78. The Morgan fingerprint density at radius 1 is 1.19 bits per heavy atom. The summed E-state index contributed by atoms with van der Waals surface area (Å²) < 4.78 is 44.3. The Labute approximate surface area is 186 Å². The zero-order valence-electron chi connectivity index (χ0n) is 16.2. The van der Waals surface area contributed by atoms with Crippen molar-refractivity contribution in [2.45, 2.75) is 16.6 Å². The van der Waals surface area contributed by atoms with E-state index in [1.807, 2.05) is 0 Å². The highest BCUT2D eigenvalue weighted by molar-refractivity contribution is 9.10. The number of aromatic nitrogens is 4. The number of pyridine rings is 1. The van der Waals surface area contributed by atoms with Crippen LogP contribution in [0.1, 0.15) is 0 Å². The van der Waals surface area contributed by atoms with Gasteiger partial charge in [-0.3, -0.25) is 0 Å². The lowest BCUT2D eigenvalue weighted by Crippen LogP contribution is -2.56. The minimum atomic E-state index is -3.68. The number of aromatic amines is 1. The third-order valence-corrected chi connectivity index (χ3v) is 5.43. The summed E-state index contributed by atoms with van der Waals surface area (Å²) in [6.45, 7) is 0. The maximum Gasteiger partial charge on any atom is 0.374 e. The van der Waals surface area contributed by atoms with E-state index in [9.17, 15) is 24.3 Å². The Morgan fingerprint density at radius 3 is 2.35 bits per heavy atom. The average molecular weight is 520 g/mol. The molecule has 0 fully saturated rings. The lowest BCUT2D eigenvalue weighted by atomic mass is 9.94. The Morgan fingerprint density at radius 2 is 1.81 bits per heavy atom. The molecule has 3 aromatic rings. The number of rotatable bonds is 8. The molecule has 166 valence electrons. The first-order valence-corrected chi connectivity index (χ1v) is 10.3. The van der Waals surface area contributed by atoms with Gasteiger partial charge in [0.1, 0.15) is 21.6 Å². The van der Waals surface area contributed by atoms with Crippen molar-refractivity contribution in [2.24, 2.45) is 0 Å². The molecule has 0 aliphatic carbocycles. The van der Waals surface area contributed by atoms with Crippen LogP contribution in [0.4, 0.5) is 10.3 Å². The van der Waals surface area contributed by atoms with E-state index in [4.69, 9.17) is 14.2 Å². The number of nitrogens with zero attached hydrogens (tertiary/aromatic N) is 3. The molecule has 5 N–H and O–H groups in total. The number of ether oxygens (including phenoxy) is 3. The lowest BCUT2D eigenvalue weighted by molar-refractivity contribution is -0.382. The van der Waals surface area contributed by atoms with Gasteiger partial charge in [0.25, 0.3) is 23.5 Å². The topological polar surface area (TPSA) is 178 Å². The number of fused-ring (bicyclic) bond motifs is 1. The van der Waals surface area contributed by atoms with Gasteiger partial charge < -0.3 is 39.1 Å². The number of H-pyrrole nitrogens is 1. The van der Waals surface area contributed by atoms with E-state index in [0.717, 1.165) is 14.2 Å². The van der Waals surface area contributed by atoms with E-state index in [2.05, 4.69) is 40.6 Å². The Balaban J connectivity index is 1.93. The summed E-state index contributed by atoms with van der Waals surface area (Å²) in [6.07, 6.45) is 1.49. The quantitative estimate of drug-likeness (QED) is 0.112. The Bertz CT molecular complexity index is 1070. The highest BCUT2D eigenvalue weighted by Gasteiger charge is 2.49. The summed E-state index contributed by atoms with van der Waals surface area (Å²) in [5.74, 6) is -8.96. The fourth-order valence-electron chi connectivity index (χ4n) is 2.30. The maximum absolute atomic E-state index is 13.6. The largest absolute Gasteiger partial charge is 0.588 e. The van der Waals surface area contributed by atoms with Gasteiger partial charge in [0.15, 0.2) is 7.85 Å². The zero-order chi connectivity index (χ0) is 23.0. The van der Waals surface area contributed by atoms with Crippen molar-refractivity contribution in [1.82, 2.24) is 19.9 Å². The van der Waals surface area contributed by atoms with E-state index in [1.54, 1.807) is 12.1 Å². The van der Waals surface area contributed by atoms with Crippen molar-refractivity contribution in [1.29, 1.82) is 0 Å². The summed E-state index contributed by atoms with van der Waals surface area (Å²) >= 11 is 1.39. The van der Waals surface area contributed by atoms with Crippen LogP contribution in [0.3, 0.4) is 0 Å². The van der Waals surface area contributed by atoms with Crippen LogP contribution >= 0.6 is 15.9 Å². The molecule has 0 amide bonds. The van der Waals surface area contributed by atoms with Gasteiger partial charge in [0.05, 0.1) is 25.8 Å². The van der Waals surface area contributed by atoms with Crippen LogP contribution in [0.2, 0.25) is 0 Å². The van der Waals surface area contributed by atoms with Crippen LogP contribution in [0.15, 0.2) is 27.8 Å². The molecule has 0 saturated carbocycles. The van der Waals surface area contributed by atoms with Gasteiger partial charge in [-0.1, -0.05) is 0 Å². The number of hydrogen-bond donors (Lipinski definition) is 5. The molecule has 0 bridgehead atoms. The standard InChI is InChI=1S/C15H16BBrFN5O7S/c1-28-11-9(30-15(25,26)14(16,18)24)12(29-2)22-13(21-11)23-31(27)7-5-19-10-6(7)3-4-8(17)20-10/h3-5,24-26H,16H2,1-2H3,(H,19,20)(H,21,22,23). The average Bonchev–Trinajstić information content (AvgIpc) is 3.10. The zero-order valence-corrected chi connectivity index (χ0v) is 18.6. The molecule has 0 spiro atoms. The van der Waals surface area contributed by atoms with Gasteiger partial charge in [-0.2, -0.15) is 14.7 Å². The second kappa shape index (κ2) is 8.64. The normalized spacial score (nSPS) is 14.7. The molecule has 31 heavy (non-hydrogen) atoms. The second-order valence-corrected chi connectivity index (χ2v) is 8.11. The van der Waals surface area contributed by atoms with Crippen molar-refractivity contribution in [3.8, 4) is 17.5 Å². The fraction of sp³-hybridized carbons (Fsp3) is 0.267. The molecule has 0 radical (unpaired) electrons. The summed E-state index contributed by atoms with van der Waals surface area (Å²) in [4.78, 5) is 15.3. The number of methoxy groups -OCH3 is 2. The van der Waals surface area contributed by atoms with Gasteiger partial charge in [-0.15, -0.1) is 0 Å². The van der Waals surface area contributed by atoms with Gasteiger partial charge in [-0.05, 0) is 28.1 Å². The molecule has 0 aliphatic heterocycles. The van der Waals surface area contributed by atoms with E-state index in [0.29, 0.717) is 28.4 Å². The molecule has 3 heterocycles. The first kappa shape index (κ1) is 23.3. The smallest absolute Gasteiger partial charge is 0.374 e. The Kier molecular flexibility index (Phi) is 6.49. The minimum absolute atomic E-state index is 0.243. The van der Waals surface area contributed by atoms with Crippen molar-refractivity contribution in [3.63, 3.8) is 0 Å². The Hall–Kier alpha value is -2.37. The molecule has 3 rings (SSSR count). The van der Waals surface area contributed by atoms with E-state index < -0.39 is 40.6 Å². The fourth-order valence-corrected chi connectivity index (χ4v) is 3.51. The van der Waals surface area contributed by atoms with Gasteiger partial charge in [-0.25, -0.2) is 9.37 Å². The third-order valence-electron chi connectivity index (χ3n) is 3.88.